The van der Waals surface area contributed by atoms with E-state index in [0.717, 1.165) is 6.07 Å². The third kappa shape index (κ3) is 2.51. The first-order valence-corrected chi connectivity index (χ1v) is 4.95. The average Bonchev–Trinajstić information content (AvgIpc) is 2.03. The summed E-state index contributed by atoms with van der Waals surface area (Å²) in [5.41, 5.74) is 0.165. The predicted octanol–water partition coefficient (Wildman–Crippen LogP) is 4.17. The van der Waals surface area contributed by atoms with Crippen LogP contribution < -0.4 is 0 Å². The van der Waals surface area contributed by atoms with Gasteiger partial charge in [0.1, 0.15) is 10.3 Å². The Kier molecular flexibility index (Phi) is 3.88. The molecule has 72 valence electrons. The largest absolute Gasteiger partial charge is 0.280 e. The SMILES string of the molecule is FC(F)c1cc(Cl)c(CCl)c(Br)n1. The van der Waals surface area contributed by atoms with Crippen LogP contribution in [0.25, 0.3) is 0 Å². The number of rotatable bonds is 2. The minimum Gasteiger partial charge on any atom is -0.239 e. The Labute approximate surface area is 92.2 Å². The van der Waals surface area contributed by atoms with Crippen molar-refractivity contribution in [3.8, 4) is 0 Å². The van der Waals surface area contributed by atoms with Crippen LogP contribution in [0.4, 0.5) is 8.78 Å². The summed E-state index contributed by atoms with van der Waals surface area (Å²) in [4.78, 5) is 3.60. The lowest BCUT2D eigenvalue weighted by atomic mass is 10.3. The Hall–Kier alpha value is 0.0700. The zero-order valence-corrected chi connectivity index (χ0v) is 9.30. The third-order valence-electron chi connectivity index (χ3n) is 1.40. The highest BCUT2D eigenvalue weighted by Gasteiger charge is 2.14. The van der Waals surface area contributed by atoms with Crippen LogP contribution in [0.2, 0.25) is 5.02 Å². The van der Waals surface area contributed by atoms with Gasteiger partial charge >= 0.3 is 0 Å². The molecule has 0 atom stereocenters. The Bertz CT molecular complexity index is 296. The smallest absolute Gasteiger partial charge is 0.239 e. The van der Waals surface area contributed by atoms with Crippen LogP contribution in [0, 0.1) is 0 Å². The van der Waals surface area contributed by atoms with Crippen molar-refractivity contribution in [2.24, 2.45) is 0 Å². The van der Waals surface area contributed by atoms with Crippen LogP contribution in [0.15, 0.2) is 10.7 Å². The second-order valence-corrected chi connectivity index (χ2v) is 3.66. The van der Waals surface area contributed by atoms with Crippen molar-refractivity contribution in [3.63, 3.8) is 0 Å². The van der Waals surface area contributed by atoms with Gasteiger partial charge in [-0.1, -0.05) is 11.6 Å². The van der Waals surface area contributed by atoms with Crippen LogP contribution in [-0.2, 0) is 5.88 Å². The maximum Gasteiger partial charge on any atom is 0.280 e. The van der Waals surface area contributed by atoms with E-state index in [2.05, 4.69) is 20.9 Å². The van der Waals surface area contributed by atoms with Crippen molar-refractivity contribution >= 4 is 39.1 Å². The molecule has 0 aliphatic heterocycles. The summed E-state index contributed by atoms with van der Waals surface area (Å²) in [6, 6.07) is 1.12. The number of hydrogen-bond acceptors (Lipinski definition) is 1. The van der Waals surface area contributed by atoms with Gasteiger partial charge in [0.05, 0.1) is 5.88 Å². The number of pyridine rings is 1. The third-order valence-corrected chi connectivity index (χ3v) is 2.66. The van der Waals surface area contributed by atoms with Gasteiger partial charge in [-0.15, -0.1) is 11.6 Å². The Morgan fingerprint density at radius 3 is 2.54 bits per heavy atom. The summed E-state index contributed by atoms with van der Waals surface area (Å²) in [6.45, 7) is 0. The van der Waals surface area contributed by atoms with Gasteiger partial charge in [0, 0.05) is 10.6 Å². The van der Waals surface area contributed by atoms with Crippen LogP contribution in [0.3, 0.4) is 0 Å². The lowest BCUT2D eigenvalue weighted by Crippen LogP contribution is -1.95. The van der Waals surface area contributed by atoms with E-state index >= 15 is 0 Å². The fourth-order valence-electron chi connectivity index (χ4n) is 0.759. The van der Waals surface area contributed by atoms with Gasteiger partial charge in [-0.05, 0) is 22.0 Å². The summed E-state index contributed by atoms with van der Waals surface area (Å²) in [7, 11) is 0. The van der Waals surface area contributed by atoms with Crippen molar-refractivity contribution in [2.45, 2.75) is 12.3 Å². The van der Waals surface area contributed by atoms with E-state index in [1.165, 1.54) is 0 Å². The lowest BCUT2D eigenvalue weighted by molar-refractivity contribution is 0.146. The van der Waals surface area contributed by atoms with E-state index in [9.17, 15) is 8.78 Å². The monoisotopic (exact) mass is 289 g/mol. The highest BCUT2D eigenvalue weighted by molar-refractivity contribution is 9.10. The van der Waals surface area contributed by atoms with Gasteiger partial charge in [0.15, 0.2) is 0 Å². The van der Waals surface area contributed by atoms with Crippen LogP contribution >= 0.6 is 39.1 Å². The first kappa shape index (κ1) is 11.1. The molecule has 0 bridgehead atoms. The standard InChI is InChI=1S/C7H4BrCl2F2N/c8-6-3(2-9)4(10)1-5(13-6)7(11)12/h1,7H,2H2. The lowest BCUT2D eigenvalue weighted by Gasteiger charge is -2.05. The highest BCUT2D eigenvalue weighted by Crippen LogP contribution is 2.29. The van der Waals surface area contributed by atoms with Gasteiger partial charge in [-0.3, -0.25) is 0 Å². The molecule has 0 N–H and O–H groups in total. The minimum absolute atomic E-state index is 0.135. The molecule has 0 fully saturated rings. The molecule has 0 spiro atoms. The summed E-state index contributed by atoms with van der Waals surface area (Å²) in [5, 5.41) is 0.201. The normalized spacial score (nSPS) is 10.9. The Morgan fingerprint density at radius 2 is 2.15 bits per heavy atom. The maximum absolute atomic E-state index is 12.2. The molecule has 0 aliphatic carbocycles. The molecule has 0 saturated carbocycles. The molecule has 1 rings (SSSR count). The first-order chi connectivity index (χ1) is 6.06. The summed E-state index contributed by atoms with van der Waals surface area (Å²) in [6.07, 6.45) is -2.63. The fourth-order valence-corrected chi connectivity index (χ4v) is 2.20. The van der Waals surface area contributed by atoms with Crippen molar-refractivity contribution in [3.05, 3.63) is 26.9 Å². The van der Waals surface area contributed by atoms with Gasteiger partial charge in [0.2, 0.25) is 0 Å². The molecule has 0 amide bonds. The molecule has 0 unspecified atom stereocenters. The summed E-state index contributed by atoms with van der Waals surface area (Å²) >= 11 is 14.2. The molecule has 1 aromatic heterocycles. The van der Waals surface area contributed by atoms with E-state index in [1.807, 2.05) is 0 Å². The number of aromatic nitrogens is 1. The summed E-state index contributed by atoms with van der Waals surface area (Å²) in [5.74, 6) is 0.135. The van der Waals surface area contributed by atoms with E-state index in [1.54, 1.807) is 0 Å². The van der Waals surface area contributed by atoms with E-state index in [-0.39, 0.29) is 21.2 Å². The molecule has 0 aromatic carbocycles. The molecule has 1 aromatic rings. The maximum atomic E-state index is 12.2. The van der Waals surface area contributed by atoms with E-state index in [0.29, 0.717) is 5.56 Å². The van der Waals surface area contributed by atoms with Gasteiger partial charge in [0.25, 0.3) is 6.43 Å². The predicted molar refractivity (Wildman–Crippen MR) is 51.5 cm³/mol. The molecule has 0 radical (unpaired) electrons. The molecule has 1 heterocycles. The second-order valence-electron chi connectivity index (χ2n) is 2.23. The molecule has 0 aliphatic rings. The average molecular weight is 291 g/mol. The fraction of sp³-hybridized carbons (Fsp3) is 0.286. The quantitative estimate of drug-likeness (QED) is 0.588. The van der Waals surface area contributed by atoms with Crippen LogP contribution in [0.1, 0.15) is 17.7 Å². The molecular formula is C7H4BrCl2F2N. The van der Waals surface area contributed by atoms with Crippen molar-refractivity contribution in [1.82, 2.24) is 4.98 Å². The minimum atomic E-state index is -2.63. The van der Waals surface area contributed by atoms with E-state index < -0.39 is 6.43 Å². The first-order valence-electron chi connectivity index (χ1n) is 3.25. The van der Waals surface area contributed by atoms with Crippen molar-refractivity contribution in [1.29, 1.82) is 0 Å². The van der Waals surface area contributed by atoms with Crippen molar-refractivity contribution < 1.29 is 8.78 Å². The zero-order chi connectivity index (χ0) is 10.0. The summed E-state index contributed by atoms with van der Waals surface area (Å²) < 4.78 is 24.6. The number of nitrogens with zero attached hydrogens (tertiary/aromatic N) is 1. The number of hydrogen-bond donors (Lipinski definition) is 0. The molecule has 6 heteroatoms. The van der Waals surface area contributed by atoms with Gasteiger partial charge < -0.3 is 0 Å². The van der Waals surface area contributed by atoms with Crippen LogP contribution in [0.5, 0.6) is 0 Å². The number of alkyl halides is 3. The Morgan fingerprint density at radius 1 is 1.54 bits per heavy atom. The molecular weight excluding hydrogens is 287 g/mol. The van der Waals surface area contributed by atoms with Crippen LogP contribution in [-0.4, -0.2) is 4.98 Å². The van der Waals surface area contributed by atoms with E-state index in [4.69, 9.17) is 23.2 Å². The highest BCUT2D eigenvalue weighted by atomic mass is 79.9. The second kappa shape index (κ2) is 4.53. The molecule has 0 saturated heterocycles. The zero-order valence-electron chi connectivity index (χ0n) is 6.20. The molecule has 13 heavy (non-hydrogen) atoms. The Balaban J connectivity index is 3.20. The van der Waals surface area contributed by atoms with Gasteiger partial charge in [-0.2, -0.15) is 0 Å². The molecule has 1 nitrogen and oxygen atoms in total. The van der Waals surface area contributed by atoms with Crippen molar-refractivity contribution in [2.75, 3.05) is 0 Å². The number of halogens is 5. The topological polar surface area (TPSA) is 12.9 Å². The van der Waals surface area contributed by atoms with Gasteiger partial charge in [-0.25, -0.2) is 13.8 Å².